The zero-order valence-corrected chi connectivity index (χ0v) is 19.4. The van der Waals surface area contributed by atoms with Crippen molar-refractivity contribution in [2.45, 2.75) is 22.7 Å². The standard InChI is InChI=1S/C23H19N3O6S2/c1-32-14-8-4-12(5-9-14)24-15(28)10-26-22-19(34-23(26)31)16(11-2-6-13(27)7-3-11)17-18(33-22)21(30)25-20(17)29/h2-9,16-18,27H,10H2,1H3,(H,24,28)(H,25,29,30). The molecule has 0 aliphatic carbocycles. The van der Waals surface area contributed by atoms with Crippen molar-refractivity contribution >= 4 is 46.5 Å². The Hall–Kier alpha value is -3.57. The third-order valence-corrected chi connectivity index (χ3v) is 8.43. The first-order valence-electron chi connectivity index (χ1n) is 10.3. The third kappa shape index (κ3) is 3.86. The number of thiazole rings is 1. The maximum Gasteiger partial charge on any atom is 0.308 e. The lowest BCUT2D eigenvalue weighted by atomic mass is 9.83. The number of hydrogen-bond acceptors (Lipinski definition) is 8. The van der Waals surface area contributed by atoms with E-state index in [1.807, 2.05) is 0 Å². The minimum absolute atomic E-state index is 0.0682. The van der Waals surface area contributed by atoms with Crippen molar-refractivity contribution in [3.8, 4) is 11.5 Å². The number of amides is 3. The molecule has 3 atom stereocenters. The van der Waals surface area contributed by atoms with Crippen LogP contribution >= 0.6 is 23.1 Å². The molecule has 0 radical (unpaired) electrons. The molecule has 11 heteroatoms. The number of phenolic OH excluding ortho intramolecular Hbond substituents is 1. The molecule has 3 N–H and O–H groups in total. The number of hydrogen-bond donors (Lipinski definition) is 3. The highest BCUT2D eigenvalue weighted by Gasteiger charge is 2.52. The molecule has 3 aromatic rings. The third-order valence-electron chi connectivity index (χ3n) is 5.82. The number of rotatable bonds is 5. The lowest BCUT2D eigenvalue weighted by molar-refractivity contribution is -0.126. The van der Waals surface area contributed by atoms with Crippen LogP contribution in [-0.4, -0.2) is 39.8 Å². The molecule has 2 aromatic carbocycles. The average Bonchev–Trinajstić information content (AvgIpc) is 3.28. The monoisotopic (exact) mass is 497 g/mol. The molecule has 1 fully saturated rings. The summed E-state index contributed by atoms with van der Waals surface area (Å²) in [6.07, 6.45) is 0. The van der Waals surface area contributed by atoms with Gasteiger partial charge in [-0.15, -0.1) is 0 Å². The molecule has 2 aliphatic heterocycles. The minimum atomic E-state index is -0.719. The number of anilines is 1. The molecule has 3 heterocycles. The van der Waals surface area contributed by atoms with Crippen LogP contribution in [0.25, 0.3) is 0 Å². The lowest BCUT2D eigenvalue weighted by Crippen LogP contribution is -2.32. The summed E-state index contributed by atoms with van der Waals surface area (Å²) in [5, 5.41) is 14.6. The van der Waals surface area contributed by atoms with E-state index in [-0.39, 0.29) is 17.2 Å². The van der Waals surface area contributed by atoms with Crippen molar-refractivity contribution in [2.75, 3.05) is 12.4 Å². The Bertz CT molecular complexity index is 1350. The number of carbonyl (C=O) groups excluding carboxylic acids is 3. The summed E-state index contributed by atoms with van der Waals surface area (Å²) >= 11 is 2.10. The quantitative estimate of drug-likeness (QED) is 0.461. The van der Waals surface area contributed by atoms with Crippen LogP contribution < -0.4 is 20.2 Å². The number of methoxy groups -OCH3 is 1. The van der Waals surface area contributed by atoms with Crippen LogP contribution in [0, 0.1) is 5.92 Å². The van der Waals surface area contributed by atoms with Gasteiger partial charge in [-0.1, -0.05) is 35.2 Å². The molecule has 1 aromatic heterocycles. The molecule has 0 spiro atoms. The van der Waals surface area contributed by atoms with Gasteiger partial charge in [0, 0.05) is 16.5 Å². The normalized spacial score (nSPS) is 20.9. The minimum Gasteiger partial charge on any atom is -0.508 e. The summed E-state index contributed by atoms with van der Waals surface area (Å²) in [5.41, 5.74) is 1.26. The predicted octanol–water partition coefficient (Wildman–Crippen LogP) is 2.14. The van der Waals surface area contributed by atoms with E-state index in [1.165, 1.54) is 16.7 Å². The van der Waals surface area contributed by atoms with Gasteiger partial charge in [0.25, 0.3) is 0 Å². The Balaban J connectivity index is 1.49. The molecule has 5 rings (SSSR count). The molecule has 0 saturated carbocycles. The summed E-state index contributed by atoms with van der Waals surface area (Å²) in [6.45, 7) is -0.237. The van der Waals surface area contributed by atoms with Gasteiger partial charge in [-0.05, 0) is 42.0 Å². The number of carbonyl (C=O) groups is 3. The zero-order valence-electron chi connectivity index (χ0n) is 17.8. The molecule has 9 nitrogen and oxygen atoms in total. The maximum absolute atomic E-state index is 12.9. The second-order valence-electron chi connectivity index (χ2n) is 7.89. The van der Waals surface area contributed by atoms with E-state index in [4.69, 9.17) is 4.74 Å². The summed E-state index contributed by atoms with van der Waals surface area (Å²) in [7, 11) is 1.55. The number of phenols is 1. The van der Waals surface area contributed by atoms with Gasteiger partial charge in [0.1, 0.15) is 23.3 Å². The van der Waals surface area contributed by atoms with Crippen molar-refractivity contribution in [3.63, 3.8) is 0 Å². The fraction of sp³-hybridized carbons (Fsp3) is 0.217. The van der Waals surface area contributed by atoms with Crippen molar-refractivity contribution < 1.29 is 24.2 Å². The molecule has 3 unspecified atom stereocenters. The predicted molar refractivity (Wildman–Crippen MR) is 126 cm³/mol. The highest BCUT2D eigenvalue weighted by Crippen LogP contribution is 2.51. The van der Waals surface area contributed by atoms with Crippen molar-refractivity contribution in [1.29, 1.82) is 0 Å². The number of fused-ring (bicyclic) bond motifs is 2. The first-order chi connectivity index (χ1) is 16.4. The van der Waals surface area contributed by atoms with Gasteiger partial charge in [0.15, 0.2) is 0 Å². The number of nitrogens with zero attached hydrogens (tertiary/aromatic N) is 1. The summed E-state index contributed by atoms with van der Waals surface area (Å²) in [5.74, 6) is -1.72. The first-order valence-corrected chi connectivity index (χ1v) is 12.0. The lowest BCUT2D eigenvalue weighted by Gasteiger charge is -2.30. The van der Waals surface area contributed by atoms with Crippen LogP contribution in [0.4, 0.5) is 5.69 Å². The van der Waals surface area contributed by atoms with E-state index in [0.29, 0.717) is 26.9 Å². The number of nitrogens with one attached hydrogen (secondary N) is 2. The van der Waals surface area contributed by atoms with Gasteiger partial charge < -0.3 is 15.2 Å². The number of imide groups is 1. The van der Waals surface area contributed by atoms with Crippen LogP contribution in [0.5, 0.6) is 11.5 Å². The van der Waals surface area contributed by atoms with Gasteiger partial charge in [-0.3, -0.25) is 29.1 Å². The number of aromatic nitrogens is 1. The Morgan fingerprint density at radius 1 is 1.09 bits per heavy atom. The molecule has 34 heavy (non-hydrogen) atoms. The van der Waals surface area contributed by atoms with Crippen LogP contribution in [0.3, 0.4) is 0 Å². The fourth-order valence-corrected chi connectivity index (χ4v) is 6.98. The SMILES string of the molecule is COc1ccc(NC(=O)Cn2c3c(sc2=O)C(c2ccc(O)cc2)C2C(=O)NC(=O)C2S3)cc1. The molecular formula is C23H19N3O6S2. The van der Waals surface area contributed by atoms with Crippen LogP contribution in [0.15, 0.2) is 58.4 Å². The first kappa shape index (κ1) is 22.2. The van der Waals surface area contributed by atoms with Crippen LogP contribution in [-0.2, 0) is 20.9 Å². The highest BCUT2D eigenvalue weighted by atomic mass is 32.2. The highest BCUT2D eigenvalue weighted by molar-refractivity contribution is 8.00. The molecule has 1 saturated heterocycles. The van der Waals surface area contributed by atoms with Crippen LogP contribution in [0.2, 0.25) is 0 Å². The largest absolute Gasteiger partial charge is 0.508 e. The Kier molecular flexibility index (Phi) is 5.66. The summed E-state index contributed by atoms with van der Waals surface area (Å²) in [4.78, 5) is 51.1. The van der Waals surface area contributed by atoms with E-state index in [0.717, 1.165) is 23.1 Å². The van der Waals surface area contributed by atoms with Crippen molar-refractivity contribution in [3.05, 3.63) is 68.6 Å². The fourth-order valence-electron chi connectivity index (χ4n) is 4.23. The van der Waals surface area contributed by atoms with E-state index in [9.17, 15) is 24.3 Å². The van der Waals surface area contributed by atoms with Crippen molar-refractivity contribution in [2.24, 2.45) is 5.92 Å². The molecule has 174 valence electrons. The number of aromatic hydroxyl groups is 1. The number of thioether (sulfide) groups is 1. The maximum atomic E-state index is 12.9. The average molecular weight is 498 g/mol. The summed E-state index contributed by atoms with van der Waals surface area (Å²) in [6, 6.07) is 13.2. The number of ether oxygens (including phenoxy) is 1. The van der Waals surface area contributed by atoms with Gasteiger partial charge >= 0.3 is 4.87 Å². The van der Waals surface area contributed by atoms with E-state index in [2.05, 4.69) is 10.6 Å². The second kappa shape index (κ2) is 8.65. The topological polar surface area (TPSA) is 127 Å². The second-order valence-corrected chi connectivity index (χ2v) is 10.0. The van der Waals surface area contributed by atoms with E-state index in [1.54, 1.807) is 43.5 Å². The van der Waals surface area contributed by atoms with Gasteiger partial charge in [0.2, 0.25) is 17.7 Å². The van der Waals surface area contributed by atoms with E-state index < -0.39 is 34.8 Å². The Morgan fingerprint density at radius 2 is 1.79 bits per heavy atom. The Labute approximate surface area is 201 Å². The van der Waals surface area contributed by atoms with Gasteiger partial charge in [0.05, 0.1) is 18.1 Å². The smallest absolute Gasteiger partial charge is 0.308 e. The number of benzene rings is 2. The zero-order chi connectivity index (χ0) is 24.0. The molecule has 0 bridgehead atoms. The molecule has 3 amide bonds. The summed E-state index contributed by atoms with van der Waals surface area (Å²) < 4.78 is 6.46. The Morgan fingerprint density at radius 3 is 2.47 bits per heavy atom. The molecular weight excluding hydrogens is 478 g/mol. The van der Waals surface area contributed by atoms with Crippen molar-refractivity contribution in [1.82, 2.24) is 9.88 Å². The molecule has 2 aliphatic rings. The van der Waals surface area contributed by atoms with Gasteiger partial charge in [-0.25, -0.2) is 0 Å². The van der Waals surface area contributed by atoms with Crippen LogP contribution in [0.1, 0.15) is 16.4 Å². The van der Waals surface area contributed by atoms with E-state index >= 15 is 0 Å². The van der Waals surface area contributed by atoms with Gasteiger partial charge in [-0.2, -0.15) is 0 Å².